The molecule has 7 nitrogen and oxygen atoms in total. The van der Waals surface area contributed by atoms with Crippen molar-refractivity contribution in [3.63, 3.8) is 0 Å². The molecule has 1 aromatic carbocycles. The van der Waals surface area contributed by atoms with Gasteiger partial charge < -0.3 is 14.9 Å². The van der Waals surface area contributed by atoms with E-state index in [1.165, 1.54) is 6.07 Å². The molecule has 1 fully saturated rings. The molecule has 8 heteroatoms. The Kier molecular flexibility index (Phi) is 4.13. The maximum atomic E-state index is 13.2. The molecule has 2 aliphatic heterocycles. The number of hydrogen-bond donors (Lipinski definition) is 2. The summed E-state index contributed by atoms with van der Waals surface area (Å²) in [7, 11) is 1.72. The summed E-state index contributed by atoms with van der Waals surface area (Å²) in [5.41, 5.74) is 2.48. The van der Waals surface area contributed by atoms with E-state index >= 15 is 0 Å². The van der Waals surface area contributed by atoms with Crippen LogP contribution in [0.5, 0.6) is 5.75 Å². The number of benzene rings is 1. The summed E-state index contributed by atoms with van der Waals surface area (Å²) in [6.07, 6.45) is 4.90. The van der Waals surface area contributed by atoms with Gasteiger partial charge in [0, 0.05) is 37.3 Å². The van der Waals surface area contributed by atoms with Crippen LogP contribution in [0.25, 0.3) is 0 Å². The first-order valence-electron chi connectivity index (χ1n) is 10.1. The van der Waals surface area contributed by atoms with Gasteiger partial charge in [-0.3, -0.25) is 14.6 Å². The summed E-state index contributed by atoms with van der Waals surface area (Å²) < 4.78 is 0. The van der Waals surface area contributed by atoms with Crippen molar-refractivity contribution in [2.45, 2.75) is 43.9 Å². The number of fused-ring (bicyclic) bond motifs is 3. The second-order valence-electron chi connectivity index (χ2n) is 8.28. The zero-order chi connectivity index (χ0) is 20.3. The van der Waals surface area contributed by atoms with Crippen LogP contribution in [0.1, 0.15) is 42.5 Å². The molecule has 0 atom stereocenters. The number of rotatable bonds is 1. The molecule has 1 saturated heterocycles. The molecule has 0 radical (unpaired) electrons. The third-order valence-electron chi connectivity index (χ3n) is 6.70. The minimum atomic E-state index is -0.695. The Hall–Kier alpha value is -2.54. The molecule has 0 unspecified atom stereocenters. The van der Waals surface area contributed by atoms with Gasteiger partial charge in [0.05, 0.1) is 21.8 Å². The van der Waals surface area contributed by atoms with Crippen LogP contribution < -0.4 is 15.4 Å². The SMILES string of the molecule is CN1C(=O)C2(CCN(c3nc4c(c(=O)[nH]3)CCCC4)CC2)c2c(Cl)cc(O)cc21. The Bertz CT molecular complexity index is 1070. The number of phenolic OH excluding ortho intramolecular Hbond substituents is 1. The Morgan fingerprint density at radius 2 is 1.90 bits per heavy atom. The quantitative estimate of drug-likeness (QED) is 0.748. The van der Waals surface area contributed by atoms with Crippen LogP contribution in [0.4, 0.5) is 11.6 Å². The average molecular weight is 415 g/mol. The Morgan fingerprint density at radius 3 is 2.66 bits per heavy atom. The van der Waals surface area contributed by atoms with Crippen LogP contribution in [0.2, 0.25) is 5.02 Å². The number of halogens is 1. The molecule has 152 valence electrons. The summed E-state index contributed by atoms with van der Waals surface area (Å²) in [4.78, 5) is 37.0. The molecule has 1 aliphatic carbocycles. The highest BCUT2D eigenvalue weighted by molar-refractivity contribution is 6.33. The van der Waals surface area contributed by atoms with Gasteiger partial charge in [0.15, 0.2) is 0 Å². The summed E-state index contributed by atoms with van der Waals surface area (Å²) >= 11 is 6.47. The highest BCUT2D eigenvalue weighted by Crippen LogP contribution is 2.51. The highest BCUT2D eigenvalue weighted by Gasteiger charge is 2.52. The average Bonchev–Trinajstić information content (AvgIpc) is 2.91. The molecule has 29 heavy (non-hydrogen) atoms. The normalized spacial score (nSPS) is 20.1. The van der Waals surface area contributed by atoms with Gasteiger partial charge in [-0.05, 0) is 44.6 Å². The lowest BCUT2D eigenvalue weighted by Crippen LogP contribution is -2.49. The molecule has 1 spiro atoms. The zero-order valence-corrected chi connectivity index (χ0v) is 17.1. The second kappa shape index (κ2) is 6.49. The fraction of sp³-hybridized carbons (Fsp3) is 0.476. The first-order chi connectivity index (χ1) is 13.9. The van der Waals surface area contributed by atoms with Gasteiger partial charge in [-0.1, -0.05) is 11.6 Å². The van der Waals surface area contributed by atoms with Crippen LogP contribution in [-0.4, -0.2) is 41.1 Å². The number of carbonyl (C=O) groups excluding carboxylic acids is 1. The number of likely N-dealkylation sites (N-methyl/N-ethyl adjacent to an activating group) is 1. The number of nitrogens with zero attached hydrogens (tertiary/aromatic N) is 3. The minimum absolute atomic E-state index is 0.00606. The van der Waals surface area contributed by atoms with E-state index in [2.05, 4.69) is 9.88 Å². The monoisotopic (exact) mass is 414 g/mol. The largest absolute Gasteiger partial charge is 0.508 e. The summed E-state index contributed by atoms with van der Waals surface area (Å²) in [6.45, 7) is 1.19. The first kappa shape index (κ1) is 18.5. The fourth-order valence-corrected chi connectivity index (χ4v) is 5.55. The first-order valence-corrected chi connectivity index (χ1v) is 10.5. The smallest absolute Gasteiger partial charge is 0.255 e. The van der Waals surface area contributed by atoms with Crippen molar-refractivity contribution in [3.8, 4) is 5.75 Å². The van der Waals surface area contributed by atoms with E-state index in [1.54, 1.807) is 18.0 Å². The molecule has 0 bridgehead atoms. The van der Waals surface area contributed by atoms with E-state index in [4.69, 9.17) is 16.6 Å². The molecule has 0 saturated carbocycles. The van der Waals surface area contributed by atoms with Crippen LogP contribution in [-0.2, 0) is 23.1 Å². The van der Waals surface area contributed by atoms with E-state index in [0.717, 1.165) is 42.5 Å². The van der Waals surface area contributed by atoms with E-state index in [1.807, 2.05) is 0 Å². The number of piperidine rings is 1. The third-order valence-corrected chi connectivity index (χ3v) is 7.00. The molecule has 3 heterocycles. The van der Waals surface area contributed by atoms with E-state index in [9.17, 15) is 14.7 Å². The maximum Gasteiger partial charge on any atom is 0.255 e. The summed E-state index contributed by atoms with van der Waals surface area (Å²) in [5, 5.41) is 10.3. The van der Waals surface area contributed by atoms with Gasteiger partial charge in [-0.25, -0.2) is 4.98 Å². The van der Waals surface area contributed by atoms with Crippen molar-refractivity contribution in [2.24, 2.45) is 0 Å². The third kappa shape index (κ3) is 2.67. The van der Waals surface area contributed by atoms with Crippen LogP contribution in [0.3, 0.4) is 0 Å². The highest BCUT2D eigenvalue weighted by atomic mass is 35.5. The minimum Gasteiger partial charge on any atom is -0.508 e. The van der Waals surface area contributed by atoms with E-state index in [-0.39, 0.29) is 17.2 Å². The van der Waals surface area contributed by atoms with E-state index in [0.29, 0.717) is 42.6 Å². The lowest BCUT2D eigenvalue weighted by Gasteiger charge is -2.39. The van der Waals surface area contributed by atoms with Gasteiger partial charge >= 0.3 is 0 Å². The number of aryl methyl sites for hydroxylation is 1. The Morgan fingerprint density at radius 1 is 1.17 bits per heavy atom. The van der Waals surface area contributed by atoms with Crippen molar-refractivity contribution in [2.75, 3.05) is 29.9 Å². The van der Waals surface area contributed by atoms with E-state index < -0.39 is 5.41 Å². The molecule has 3 aliphatic rings. The predicted octanol–water partition coefficient (Wildman–Crippen LogP) is 2.52. The van der Waals surface area contributed by atoms with Gasteiger partial charge in [0.1, 0.15) is 5.75 Å². The van der Waals surface area contributed by atoms with Gasteiger partial charge in [-0.15, -0.1) is 0 Å². The zero-order valence-electron chi connectivity index (χ0n) is 16.3. The lowest BCUT2D eigenvalue weighted by atomic mass is 9.73. The number of anilines is 2. The van der Waals surface area contributed by atoms with Crippen molar-refractivity contribution in [3.05, 3.63) is 44.3 Å². The number of H-pyrrole nitrogens is 1. The van der Waals surface area contributed by atoms with Crippen molar-refractivity contribution < 1.29 is 9.90 Å². The van der Waals surface area contributed by atoms with Gasteiger partial charge in [0.25, 0.3) is 5.56 Å². The molecular weight excluding hydrogens is 392 g/mol. The number of nitrogens with one attached hydrogen (secondary N) is 1. The number of aromatic nitrogens is 2. The Labute approximate surface area is 173 Å². The molecular formula is C21H23ClN4O3. The summed E-state index contributed by atoms with van der Waals surface area (Å²) in [6, 6.07) is 3.10. The lowest BCUT2D eigenvalue weighted by molar-refractivity contribution is -0.123. The van der Waals surface area contributed by atoms with Crippen molar-refractivity contribution in [1.82, 2.24) is 9.97 Å². The van der Waals surface area contributed by atoms with Gasteiger partial charge in [-0.2, -0.15) is 0 Å². The molecule has 2 aromatic rings. The Balaban J connectivity index is 1.46. The van der Waals surface area contributed by atoms with Crippen LogP contribution in [0, 0.1) is 0 Å². The molecule has 5 rings (SSSR count). The number of hydrogen-bond acceptors (Lipinski definition) is 5. The number of carbonyl (C=O) groups is 1. The number of amides is 1. The van der Waals surface area contributed by atoms with Gasteiger partial charge in [0.2, 0.25) is 11.9 Å². The maximum absolute atomic E-state index is 13.2. The molecule has 2 N–H and O–H groups in total. The summed E-state index contributed by atoms with van der Waals surface area (Å²) in [5.74, 6) is 0.659. The van der Waals surface area contributed by atoms with Crippen LogP contribution >= 0.6 is 11.6 Å². The molecule has 1 aromatic heterocycles. The van der Waals surface area contributed by atoms with Crippen LogP contribution in [0.15, 0.2) is 16.9 Å². The fourth-order valence-electron chi connectivity index (χ4n) is 5.16. The number of aromatic hydroxyl groups is 1. The number of aromatic amines is 1. The number of phenols is 1. The van der Waals surface area contributed by atoms with Crippen molar-refractivity contribution in [1.29, 1.82) is 0 Å². The topological polar surface area (TPSA) is 89.5 Å². The second-order valence-corrected chi connectivity index (χ2v) is 8.68. The van der Waals surface area contributed by atoms with Crippen molar-refractivity contribution >= 4 is 29.1 Å². The molecule has 1 amide bonds. The standard InChI is InChI=1S/C21H23ClN4O3/c1-25-16-11-12(27)10-14(22)17(16)21(19(25)29)6-8-26(9-7-21)20-23-15-5-3-2-4-13(15)18(28)24-20/h10-11,27H,2-9H2,1H3,(H,23,24,28). The predicted molar refractivity (Wildman–Crippen MR) is 111 cm³/mol.